The number of aliphatic hydroxyl groups excluding tert-OH is 1. The van der Waals surface area contributed by atoms with Crippen LogP contribution in [0.25, 0.3) is 0 Å². The molecule has 0 unspecified atom stereocenters. The zero-order valence-corrected chi connectivity index (χ0v) is 14.0. The summed E-state index contributed by atoms with van der Waals surface area (Å²) >= 11 is 0. The van der Waals surface area contributed by atoms with Crippen LogP contribution in [0.15, 0.2) is 16.3 Å². The molecular formula is C18H30N2O2. The van der Waals surface area contributed by atoms with Crippen molar-refractivity contribution < 1.29 is 9.90 Å². The highest BCUT2D eigenvalue weighted by Crippen LogP contribution is 2.23. The number of Topliss-reactive ketones (excluding diaryl/α,β-unsaturated/α-hetero) is 1. The van der Waals surface area contributed by atoms with E-state index in [9.17, 15) is 9.90 Å². The predicted octanol–water partition coefficient (Wildman–Crippen LogP) is 4.06. The molecule has 0 amide bonds. The predicted molar refractivity (Wildman–Crippen MR) is 90.3 cm³/mol. The molecule has 0 heterocycles. The summed E-state index contributed by atoms with van der Waals surface area (Å²) in [7, 11) is 0. The lowest BCUT2D eigenvalue weighted by Crippen LogP contribution is -2.39. The number of carbonyl (C=O) groups excluding carboxylic acids is 1. The second kappa shape index (κ2) is 8.35. The van der Waals surface area contributed by atoms with E-state index >= 15 is 0 Å². The molecule has 0 radical (unpaired) electrons. The molecule has 2 N–H and O–H groups in total. The van der Waals surface area contributed by atoms with Gasteiger partial charge in [0.2, 0.25) is 0 Å². The molecule has 0 aromatic rings. The number of hydrogen-bond acceptors (Lipinski definition) is 3. The number of nitrogens with zero attached hydrogens (tertiary/aromatic N) is 1. The van der Waals surface area contributed by atoms with Crippen LogP contribution in [0.4, 0.5) is 0 Å². The van der Waals surface area contributed by atoms with Crippen molar-refractivity contribution >= 4 is 11.6 Å². The van der Waals surface area contributed by atoms with Crippen molar-refractivity contribution in [3.8, 4) is 0 Å². The molecule has 0 aliphatic heterocycles. The summed E-state index contributed by atoms with van der Waals surface area (Å²) in [6, 6.07) is 0.665. The van der Waals surface area contributed by atoms with Crippen LogP contribution in [-0.4, -0.2) is 28.8 Å². The summed E-state index contributed by atoms with van der Waals surface area (Å²) in [5.74, 6) is 0.592. The van der Waals surface area contributed by atoms with Gasteiger partial charge in [-0.3, -0.25) is 9.79 Å². The first-order valence-electron chi connectivity index (χ1n) is 8.83. The van der Waals surface area contributed by atoms with Gasteiger partial charge in [-0.2, -0.15) is 0 Å². The third kappa shape index (κ3) is 4.85. The van der Waals surface area contributed by atoms with Gasteiger partial charge < -0.3 is 10.4 Å². The summed E-state index contributed by atoms with van der Waals surface area (Å²) in [5, 5.41) is 13.4. The molecule has 124 valence electrons. The summed E-state index contributed by atoms with van der Waals surface area (Å²) in [6.07, 6.45) is 11.9. The largest absolute Gasteiger partial charge is 0.512 e. The topological polar surface area (TPSA) is 61.7 Å². The fourth-order valence-corrected chi connectivity index (χ4v) is 3.60. The van der Waals surface area contributed by atoms with Gasteiger partial charge in [-0.15, -0.1) is 0 Å². The van der Waals surface area contributed by atoms with Crippen molar-refractivity contribution in [2.75, 3.05) is 0 Å². The van der Waals surface area contributed by atoms with Gasteiger partial charge in [0.15, 0.2) is 5.78 Å². The van der Waals surface area contributed by atoms with Crippen LogP contribution in [-0.2, 0) is 4.79 Å². The minimum absolute atomic E-state index is 0.0744. The molecule has 0 spiro atoms. The Bertz CT molecular complexity index is 438. The number of hydrogen-bond donors (Lipinski definition) is 2. The number of rotatable bonds is 4. The molecule has 22 heavy (non-hydrogen) atoms. The van der Waals surface area contributed by atoms with Crippen molar-refractivity contribution in [3.63, 3.8) is 0 Å². The molecular weight excluding hydrogens is 276 g/mol. The van der Waals surface area contributed by atoms with Crippen molar-refractivity contribution in [1.29, 1.82) is 0 Å². The zero-order valence-electron chi connectivity index (χ0n) is 14.0. The van der Waals surface area contributed by atoms with Gasteiger partial charge in [0.1, 0.15) is 11.6 Å². The number of nitrogens with one attached hydrogen (secondary N) is 1. The monoisotopic (exact) mass is 306 g/mol. The van der Waals surface area contributed by atoms with Crippen LogP contribution in [0.1, 0.15) is 78.1 Å². The van der Waals surface area contributed by atoms with E-state index < -0.39 is 0 Å². The molecule has 4 heteroatoms. The van der Waals surface area contributed by atoms with Gasteiger partial charge in [-0.05, 0) is 39.5 Å². The number of amidine groups is 1. The molecule has 0 bridgehead atoms. The molecule has 2 fully saturated rings. The third-order valence-corrected chi connectivity index (χ3v) is 4.78. The Morgan fingerprint density at radius 2 is 1.50 bits per heavy atom. The summed E-state index contributed by atoms with van der Waals surface area (Å²) in [5.41, 5.74) is 0.371. The minimum Gasteiger partial charge on any atom is -0.512 e. The van der Waals surface area contributed by atoms with Gasteiger partial charge in [0.25, 0.3) is 0 Å². The Balaban J connectivity index is 2.20. The van der Waals surface area contributed by atoms with E-state index in [2.05, 4.69) is 5.32 Å². The normalized spacial score (nSPS) is 23.1. The molecule has 0 atom stereocenters. The maximum atomic E-state index is 12.0. The first-order valence-corrected chi connectivity index (χ1v) is 8.83. The van der Waals surface area contributed by atoms with Crippen molar-refractivity contribution in [3.05, 3.63) is 11.3 Å². The lowest BCUT2D eigenvalue weighted by molar-refractivity contribution is -0.113. The lowest BCUT2D eigenvalue weighted by atomic mass is 9.94. The minimum atomic E-state index is -0.113. The molecule has 4 nitrogen and oxygen atoms in total. The van der Waals surface area contributed by atoms with E-state index in [0.717, 1.165) is 25.7 Å². The van der Waals surface area contributed by atoms with E-state index in [0.29, 0.717) is 17.5 Å². The number of aliphatic imine (C=N–C) groups is 1. The molecule has 0 saturated heterocycles. The van der Waals surface area contributed by atoms with Crippen molar-refractivity contribution in [1.82, 2.24) is 5.32 Å². The van der Waals surface area contributed by atoms with Crippen molar-refractivity contribution in [2.24, 2.45) is 4.99 Å². The number of ketones is 1. The van der Waals surface area contributed by atoms with Crippen LogP contribution >= 0.6 is 0 Å². The first-order chi connectivity index (χ1) is 10.6. The molecule has 0 aromatic carbocycles. The Kier molecular flexibility index (Phi) is 6.47. The van der Waals surface area contributed by atoms with E-state index in [4.69, 9.17) is 4.99 Å². The fourth-order valence-electron chi connectivity index (χ4n) is 3.60. The van der Waals surface area contributed by atoms with Gasteiger partial charge in [0.05, 0.1) is 11.6 Å². The molecule has 2 aliphatic rings. The summed E-state index contributed by atoms with van der Waals surface area (Å²) in [4.78, 5) is 16.8. The van der Waals surface area contributed by atoms with E-state index in [-0.39, 0.29) is 17.6 Å². The molecule has 2 aliphatic carbocycles. The Morgan fingerprint density at radius 1 is 0.955 bits per heavy atom. The molecule has 0 aromatic heterocycles. The lowest BCUT2D eigenvalue weighted by Gasteiger charge is -2.27. The van der Waals surface area contributed by atoms with Gasteiger partial charge in [-0.1, -0.05) is 38.5 Å². The van der Waals surface area contributed by atoms with Gasteiger partial charge in [-0.25, -0.2) is 0 Å². The highest BCUT2D eigenvalue weighted by Gasteiger charge is 2.23. The fraction of sp³-hybridized carbons (Fsp3) is 0.778. The van der Waals surface area contributed by atoms with Crippen LogP contribution < -0.4 is 5.32 Å². The zero-order chi connectivity index (χ0) is 15.9. The Morgan fingerprint density at radius 3 is 2.00 bits per heavy atom. The van der Waals surface area contributed by atoms with Crippen LogP contribution in [0.5, 0.6) is 0 Å². The average molecular weight is 306 g/mol. The SMILES string of the molecule is CC(=O)/C(C(=NC1CCCCC1)NC1CCCCC1)=C(\C)O. The van der Waals surface area contributed by atoms with Crippen molar-refractivity contribution in [2.45, 2.75) is 90.1 Å². The third-order valence-electron chi connectivity index (χ3n) is 4.78. The highest BCUT2D eigenvalue weighted by atomic mass is 16.3. The Labute approximate surface area is 134 Å². The second-order valence-electron chi connectivity index (χ2n) is 6.77. The maximum absolute atomic E-state index is 12.0. The number of allylic oxidation sites excluding steroid dienone is 1. The van der Waals surface area contributed by atoms with Crippen LogP contribution in [0.2, 0.25) is 0 Å². The quantitative estimate of drug-likeness (QED) is 0.356. The van der Waals surface area contributed by atoms with Gasteiger partial charge >= 0.3 is 0 Å². The second-order valence-corrected chi connectivity index (χ2v) is 6.77. The van der Waals surface area contributed by atoms with E-state index in [1.165, 1.54) is 45.4 Å². The van der Waals surface area contributed by atoms with Gasteiger partial charge in [0, 0.05) is 6.04 Å². The maximum Gasteiger partial charge on any atom is 0.166 e. The molecule has 2 rings (SSSR count). The first kappa shape index (κ1) is 17.0. The standard InChI is InChI=1S/C18H30N2O2/c1-13(21)17(14(2)22)18(19-15-9-5-3-6-10-15)20-16-11-7-4-8-12-16/h15-16,21H,3-12H2,1-2H3,(H,19,20)/b17-13-. The van der Waals surface area contributed by atoms with E-state index in [1.807, 2.05) is 0 Å². The number of aliphatic hydroxyl groups is 1. The summed E-state index contributed by atoms with van der Waals surface area (Å²) < 4.78 is 0. The van der Waals surface area contributed by atoms with Crippen LogP contribution in [0.3, 0.4) is 0 Å². The summed E-state index contributed by atoms with van der Waals surface area (Å²) in [6.45, 7) is 3.09. The van der Waals surface area contributed by atoms with E-state index in [1.54, 1.807) is 6.92 Å². The smallest absolute Gasteiger partial charge is 0.166 e. The molecule has 2 saturated carbocycles. The Hall–Kier alpha value is -1.32. The van der Waals surface area contributed by atoms with Crippen LogP contribution in [0, 0.1) is 0 Å². The average Bonchev–Trinajstić information content (AvgIpc) is 2.48. The highest BCUT2D eigenvalue weighted by molar-refractivity contribution is 6.21. The number of carbonyl (C=O) groups is 1.